The number of nitrogens with one attached hydrogen (secondary N) is 1. The Labute approximate surface area is 193 Å². The predicted molar refractivity (Wildman–Crippen MR) is 128 cm³/mol. The van der Waals surface area contributed by atoms with Crippen LogP contribution in [0, 0.1) is 0 Å². The molecule has 0 bridgehead atoms. The van der Waals surface area contributed by atoms with Gasteiger partial charge in [-0.05, 0) is 35.9 Å². The second-order valence-corrected chi connectivity index (χ2v) is 9.22. The van der Waals surface area contributed by atoms with Gasteiger partial charge in [0.2, 0.25) is 10.0 Å². The van der Waals surface area contributed by atoms with Gasteiger partial charge in [-0.25, -0.2) is 8.42 Å². The summed E-state index contributed by atoms with van der Waals surface area (Å²) in [5.41, 5.74) is 1.85. The maximum atomic E-state index is 13.1. The molecule has 1 N–H and O–H groups in total. The number of anilines is 2. The van der Waals surface area contributed by atoms with Gasteiger partial charge in [0.1, 0.15) is 12.4 Å². The Bertz CT molecular complexity index is 1210. The van der Waals surface area contributed by atoms with Gasteiger partial charge in [0.25, 0.3) is 5.91 Å². The van der Waals surface area contributed by atoms with Crippen LogP contribution >= 0.6 is 0 Å². The summed E-state index contributed by atoms with van der Waals surface area (Å²) in [7, 11) is 0.615. The third-order valence-corrected chi connectivity index (χ3v) is 6.14. The first-order valence-corrected chi connectivity index (χ1v) is 11.9. The summed E-state index contributed by atoms with van der Waals surface area (Å²) in [5.74, 6) is 0.761. The summed E-state index contributed by atoms with van der Waals surface area (Å²) >= 11 is 0. The Balaban J connectivity index is 1.81. The van der Waals surface area contributed by atoms with Crippen LogP contribution in [-0.4, -0.2) is 41.8 Å². The van der Waals surface area contributed by atoms with Crippen LogP contribution in [0.1, 0.15) is 15.9 Å². The van der Waals surface area contributed by atoms with Crippen LogP contribution in [0.5, 0.6) is 17.2 Å². The monoisotopic (exact) mass is 470 g/mol. The summed E-state index contributed by atoms with van der Waals surface area (Å²) < 4.78 is 41.6. The zero-order valence-corrected chi connectivity index (χ0v) is 19.7. The number of nitrogens with zero attached hydrogens (tertiary/aromatic N) is 1. The van der Waals surface area contributed by atoms with E-state index < -0.39 is 15.9 Å². The number of carbonyl (C=O) groups is 1. The fourth-order valence-electron chi connectivity index (χ4n) is 3.06. The minimum absolute atomic E-state index is 0.116. The number of benzene rings is 3. The summed E-state index contributed by atoms with van der Waals surface area (Å²) in [6, 6.07) is 19.6. The van der Waals surface area contributed by atoms with Crippen molar-refractivity contribution in [1.29, 1.82) is 0 Å². The average Bonchev–Trinajstić information content (AvgIpc) is 2.82. The molecule has 3 rings (SSSR count). The van der Waals surface area contributed by atoms with Crippen molar-refractivity contribution in [2.45, 2.75) is 6.61 Å². The van der Waals surface area contributed by atoms with Crippen LogP contribution in [-0.2, 0) is 16.6 Å². The molecular formula is C24H26N2O6S. The first kappa shape index (κ1) is 23.9. The van der Waals surface area contributed by atoms with Gasteiger partial charge in [0.05, 0.1) is 31.7 Å². The summed E-state index contributed by atoms with van der Waals surface area (Å²) in [5, 5.41) is 2.78. The first-order chi connectivity index (χ1) is 15.7. The molecule has 174 valence electrons. The number of amides is 1. The molecule has 0 aliphatic rings. The molecule has 0 heterocycles. The van der Waals surface area contributed by atoms with E-state index in [1.807, 2.05) is 30.3 Å². The molecule has 0 fully saturated rings. The van der Waals surface area contributed by atoms with Crippen molar-refractivity contribution in [2.75, 3.05) is 37.1 Å². The molecule has 0 aliphatic carbocycles. The summed E-state index contributed by atoms with van der Waals surface area (Å²) in [6.07, 6.45) is 1.06. The molecule has 0 spiro atoms. The summed E-state index contributed by atoms with van der Waals surface area (Å²) in [6.45, 7) is 0.430. The number of methoxy groups -OCH3 is 2. The topological polar surface area (TPSA) is 94.2 Å². The molecule has 33 heavy (non-hydrogen) atoms. The Hall–Kier alpha value is -3.72. The highest BCUT2D eigenvalue weighted by Crippen LogP contribution is 2.36. The second-order valence-electron chi connectivity index (χ2n) is 7.21. The number of ether oxygens (including phenoxy) is 3. The maximum absolute atomic E-state index is 13.1. The van der Waals surface area contributed by atoms with E-state index in [1.54, 1.807) is 24.3 Å². The lowest BCUT2D eigenvalue weighted by Crippen LogP contribution is -2.28. The molecule has 0 radical (unpaired) electrons. The van der Waals surface area contributed by atoms with Crippen LogP contribution in [0.25, 0.3) is 0 Å². The molecule has 1 amide bonds. The molecular weight excluding hydrogens is 444 g/mol. The van der Waals surface area contributed by atoms with E-state index in [1.165, 1.54) is 33.4 Å². The summed E-state index contributed by atoms with van der Waals surface area (Å²) in [4.78, 5) is 13.1. The van der Waals surface area contributed by atoms with Gasteiger partial charge in [-0.3, -0.25) is 9.10 Å². The van der Waals surface area contributed by atoms with Gasteiger partial charge in [-0.15, -0.1) is 0 Å². The van der Waals surface area contributed by atoms with E-state index in [-0.39, 0.29) is 11.3 Å². The molecule has 3 aromatic carbocycles. The quantitative estimate of drug-likeness (QED) is 0.509. The predicted octanol–water partition coefficient (Wildman–Crippen LogP) is 3.93. The van der Waals surface area contributed by atoms with E-state index in [0.29, 0.717) is 29.5 Å². The number of carbonyl (C=O) groups excluding carboxylic acids is 1. The highest BCUT2D eigenvalue weighted by molar-refractivity contribution is 7.92. The SMILES string of the molecule is COc1cc(C(=O)Nc2ccc(OCc3ccccc3)cc2)c(N(C)S(C)(=O)=O)cc1OC. The normalized spacial score (nSPS) is 10.9. The number of hydrogen-bond donors (Lipinski definition) is 1. The van der Waals surface area contributed by atoms with Crippen molar-refractivity contribution < 1.29 is 27.4 Å². The minimum atomic E-state index is -3.62. The molecule has 9 heteroatoms. The van der Waals surface area contributed by atoms with Crippen molar-refractivity contribution in [3.8, 4) is 17.2 Å². The third kappa shape index (κ3) is 5.95. The van der Waals surface area contributed by atoms with E-state index in [0.717, 1.165) is 16.1 Å². The highest BCUT2D eigenvalue weighted by Gasteiger charge is 2.23. The van der Waals surface area contributed by atoms with Gasteiger partial charge in [0.15, 0.2) is 11.5 Å². The van der Waals surface area contributed by atoms with Gasteiger partial charge >= 0.3 is 0 Å². The van der Waals surface area contributed by atoms with Gasteiger partial charge < -0.3 is 19.5 Å². The molecule has 0 aliphatic heterocycles. The molecule has 0 unspecified atom stereocenters. The van der Waals surface area contributed by atoms with Crippen molar-refractivity contribution in [3.63, 3.8) is 0 Å². The molecule has 0 atom stereocenters. The van der Waals surface area contributed by atoms with Gasteiger partial charge in [-0.1, -0.05) is 30.3 Å². The smallest absolute Gasteiger partial charge is 0.257 e. The molecule has 0 aromatic heterocycles. The lowest BCUT2D eigenvalue weighted by molar-refractivity contribution is 0.102. The number of sulfonamides is 1. The average molecular weight is 471 g/mol. The fraction of sp³-hybridized carbons (Fsp3) is 0.208. The van der Waals surface area contributed by atoms with Crippen molar-refractivity contribution >= 4 is 27.3 Å². The van der Waals surface area contributed by atoms with E-state index in [4.69, 9.17) is 14.2 Å². The molecule has 3 aromatic rings. The van der Waals surface area contributed by atoms with Crippen LogP contribution in [0.4, 0.5) is 11.4 Å². The third-order valence-electron chi connectivity index (χ3n) is 4.94. The molecule has 8 nitrogen and oxygen atoms in total. The Morgan fingerprint density at radius 3 is 2.12 bits per heavy atom. The van der Waals surface area contributed by atoms with E-state index in [9.17, 15) is 13.2 Å². The van der Waals surface area contributed by atoms with E-state index in [2.05, 4.69) is 5.32 Å². The Morgan fingerprint density at radius 1 is 0.939 bits per heavy atom. The number of hydrogen-bond acceptors (Lipinski definition) is 6. The minimum Gasteiger partial charge on any atom is -0.493 e. The molecule has 0 saturated heterocycles. The lowest BCUT2D eigenvalue weighted by atomic mass is 10.1. The second kappa shape index (κ2) is 10.3. The Kier molecular flexibility index (Phi) is 7.44. The fourth-order valence-corrected chi connectivity index (χ4v) is 3.57. The van der Waals surface area contributed by atoms with Crippen molar-refractivity contribution in [3.05, 3.63) is 77.9 Å². The lowest BCUT2D eigenvalue weighted by Gasteiger charge is -2.22. The largest absolute Gasteiger partial charge is 0.493 e. The number of rotatable bonds is 9. The Morgan fingerprint density at radius 2 is 1.55 bits per heavy atom. The zero-order valence-electron chi connectivity index (χ0n) is 18.9. The van der Waals surface area contributed by atoms with Gasteiger partial charge in [-0.2, -0.15) is 0 Å². The zero-order chi connectivity index (χ0) is 24.0. The first-order valence-electron chi connectivity index (χ1n) is 10.0. The standard InChI is InChI=1S/C24H26N2O6S/c1-26(33(4,28)29)21-15-23(31-3)22(30-2)14-20(21)24(27)25-18-10-12-19(13-11-18)32-16-17-8-6-5-7-9-17/h5-15H,16H2,1-4H3,(H,25,27). The molecule has 0 saturated carbocycles. The van der Waals surface area contributed by atoms with Crippen LogP contribution < -0.4 is 23.8 Å². The maximum Gasteiger partial charge on any atom is 0.257 e. The van der Waals surface area contributed by atoms with Gasteiger partial charge in [0, 0.05) is 18.8 Å². The van der Waals surface area contributed by atoms with E-state index >= 15 is 0 Å². The van der Waals surface area contributed by atoms with Crippen LogP contribution in [0.3, 0.4) is 0 Å². The van der Waals surface area contributed by atoms with Crippen molar-refractivity contribution in [2.24, 2.45) is 0 Å². The van der Waals surface area contributed by atoms with Crippen LogP contribution in [0.15, 0.2) is 66.7 Å². The van der Waals surface area contributed by atoms with Crippen LogP contribution in [0.2, 0.25) is 0 Å². The van der Waals surface area contributed by atoms with Crippen molar-refractivity contribution in [1.82, 2.24) is 0 Å². The highest BCUT2D eigenvalue weighted by atomic mass is 32.2.